The molecule has 0 radical (unpaired) electrons. The number of carbonyl (C=O) groups is 2. The smallest absolute Gasteiger partial charge is 0.349 e. The van der Waals surface area contributed by atoms with Crippen molar-refractivity contribution < 1.29 is 19.1 Å². The van der Waals surface area contributed by atoms with Gasteiger partial charge in [0.15, 0.2) is 6.61 Å². The highest BCUT2D eigenvalue weighted by Gasteiger charge is 2.11. The van der Waals surface area contributed by atoms with Gasteiger partial charge in [-0.3, -0.25) is 4.79 Å². The van der Waals surface area contributed by atoms with Gasteiger partial charge < -0.3 is 14.8 Å². The molecule has 3 aromatic carbocycles. The van der Waals surface area contributed by atoms with Crippen molar-refractivity contribution in [3.05, 3.63) is 88.9 Å². The first-order valence-corrected chi connectivity index (χ1v) is 8.93. The molecule has 6 nitrogen and oxygen atoms in total. The van der Waals surface area contributed by atoms with Gasteiger partial charge in [0.1, 0.15) is 17.6 Å². The number of nitriles is 1. The normalized spacial score (nSPS) is 9.93. The lowest BCUT2D eigenvalue weighted by Crippen LogP contribution is -2.18. The summed E-state index contributed by atoms with van der Waals surface area (Å²) >= 11 is 6.01. The number of nitrogens with zero attached hydrogens (tertiary/aromatic N) is 1. The Labute approximate surface area is 172 Å². The fraction of sp³-hybridized carbons (Fsp3) is 0.0455. The Bertz CT molecular complexity index is 1070. The van der Waals surface area contributed by atoms with Crippen molar-refractivity contribution in [3.63, 3.8) is 0 Å². The van der Waals surface area contributed by atoms with Crippen molar-refractivity contribution in [1.82, 2.24) is 0 Å². The Balaban J connectivity index is 1.55. The van der Waals surface area contributed by atoms with Crippen LogP contribution in [-0.2, 0) is 4.79 Å². The maximum Gasteiger partial charge on any atom is 0.349 e. The SMILES string of the molecule is N#Cc1ccccc1OCC(=O)Oc1ccc(NC(=O)c2ccccc2Cl)cc1. The zero-order chi connectivity index (χ0) is 20.6. The molecule has 3 rings (SSSR count). The first-order chi connectivity index (χ1) is 14.1. The van der Waals surface area contributed by atoms with Crippen LogP contribution in [-0.4, -0.2) is 18.5 Å². The predicted molar refractivity (Wildman–Crippen MR) is 108 cm³/mol. The van der Waals surface area contributed by atoms with Crippen LogP contribution in [0.1, 0.15) is 15.9 Å². The highest BCUT2D eigenvalue weighted by Crippen LogP contribution is 2.20. The number of nitrogens with one attached hydrogen (secondary N) is 1. The average molecular weight is 407 g/mol. The lowest BCUT2D eigenvalue weighted by Gasteiger charge is -2.09. The van der Waals surface area contributed by atoms with Crippen LogP contribution in [0.3, 0.4) is 0 Å². The number of hydrogen-bond donors (Lipinski definition) is 1. The van der Waals surface area contributed by atoms with Crippen molar-refractivity contribution in [2.75, 3.05) is 11.9 Å². The molecular weight excluding hydrogens is 392 g/mol. The number of rotatable bonds is 6. The van der Waals surface area contributed by atoms with E-state index in [9.17, 15) is 9.59 Å². The summed E-state index contributed by atoms with van der Waals surface area (Å²) < 4.78 is 10.5. The van der Waals surface area contributed by atoms with Crippen molar-refractivity contribution >= 4 is 29.2 Å². The minimum absolute atomic E-state index is 0.294. The number of benzene rings is 3. The Kier molecular flexibility index (Phi) is 6.46. The lowest BCUT2D eigenvalue weighted by molar-refractivity contribution is -0.136. The maximum absolute atomic E-state index is 12.2. The van der Waals surface area contributed by atoms with E-state index in [2.05, 4.69) is 5.32 Å². The molecule has 0 aliphatic heterocycles. The first-order valence-electron chi connectivity index (χ1n) is 8.55. The molecule has 1 amide bonds. The molecule has 0 saturated carbocycles. The van der Waals surface area contributed by atoms with Crippen molar-refractivity contribution in [2.24, 2.45) is 0 Å². The van der Waals surface area contributed by atoms with Gasteiger partial charge >= 0.3 is 5.97 Å². The number of esters is 1. The Morgan fingerprint density at radius 2 is 1.66 bits per heavy atom. The summed E-state index contributed by atoms with van der Waals surface area (Å²) in [5.41, 5.74) is 1.22. The van der Waals surface area contributed by atoms with E-state index in [1.54, 1.807) is 72.8 Å². The van der Waals surface area contributed by atoms with Crippen LogP contribution in [0.15, 0.2) is 72.8 Å². The molecular formula is C22H15ClN2O4. The lowest BCUT2D eigenvalue weighted by atomic mass is 10.2. The monoisotopic (exact) mass is 406 g/mol. The summed E-state index contributed by atoms with van der Waals surface area (Å²) in [5.74, 6) is -0.358. The summed E-state index contributed by atoms with van der Waals surface area (Å²) in [6, 6.07) is 21.6. The second-order valence-corrected chi connectivity index (χ2v) is 6.24. The number of amides is 1. The van der Waals surface area contributed by atoms with E-state index in [0.717, 1.165) is 0 Å². The van der Waals surface area contributed by atoms with E-state index in [0.29, 0.717) is 33.3 Å². The molecule has 29 heavy (non-hydrogen) atoms. The maximum atomic E-state index is 12.2. The second-order valence-electron chi connectivity index (χ2n) is 5.83. The molecule has 0 aromatic heterocycles. The van der Waals surface area contributed by atoms with E-state index in [1.165, 1.54) is 0 Å². The van der Waals surface area contributed by atoms with Gasteiger partial charge in [0.2, 0.25) is 0 Å². The number of hydrogen-bond acceptors (Lipinski definition) is 5. The molecule has 0 fully saturated rings. The van der Waals surface area contributed by atoms with Crippen molar-refractivity contribution in [1.29, 1.82) is 5.26 Å². The van der Waals surface area contributed by atoms with Crippen LogP contribution < -0.4 is 14.8 Å². The van der Waals surface area contributed by atoms with Gasteiger partial charge in [0, 0.05) is 5.69 Å². The molecule has 0 unspecified atom stereocenters. The second kappa shape index (κ2) is 9.40. The molecule has 0 spiro atoms. The minimum Gasteiger partial charge on any atom is -0.481 e. The van der Waals surface area contributed by atoms with Crippen LogP contribution in [0.5, 0.6) is 11.5 Å². The standard InChI is InChI=1S/C22H15ClN2O4/c23-19-7-3-2-6-18(19)22(27)25-16-9-11-17(12-10-16)29-21(26)14-28-20-8-4-1-5-15(20)13-24/h1-12H,14H2,(H,25,27). The third-order valence-electron chi connectivity index (χ3n) is 3.82. The summed E-state index contributed by atoms with van der Waals surface area (Å²) in [4.78, 5) is 24.2. The zero-order valence-corrected chi connectivity index (χ0v) is 15.8. The molecule has 0 aliphatic rings. The molecule has 1 N–H and O–H groups in total. The van der Waals surface area contributed by atoms with Crippen molar-refractivity contribution in [3.8, 4) is 17.6 Å². The topological polar surface area (TPSA) is 88.4 Å². The summed E-state index contributed by atoms with van der Waals surface area (Å²) in [5, 5.41) is 12.1. The number of para-hydroxylation sites is 1. The highest BCUT2D eigenvalue weighted by atomic mass is 35.5. The minimum atomic E-state index is -0.620. The Morgan fingerprint density at radius 3 is 2.38 bits per heavy atom. The van der Waals surface area contributed by atoms with Crippen LogP contribution >= 0.6 is 11.6 Å². The molecule has 0 aliphatic carbocycles. The van der Waals surface area contributed by atoms with Gasteiger partial charge in [0.25, 0.3) is 5.91 Å². The van der Waals surface area contributed by atoms with Gasteiger partial charge in [-0.2, -0.15) is 5.26 Å². The molecule has 0 saturated heterocycles. The molecule has 0 bridgehead atoms. The van der Waals surface area contributed by atoms with Gasteiger partial charge in [-0.25, -0.2) is 4.79 Å². The summed E-state index contributed by atoms with van der Waals surface area (Å²) in [7, 11) is 0. The van der Waals surface area contributed by atoms with E-state index < -0.39 is 5.97 Å². The fourth-order valence-electron chi connectivity index (χ4n) is 2.43. The number of ether oxygens (including phenoxy) is 2. The fourth-order valence-corrected chi connectivity index (χ4v) is 2.65. The molecule has 7 heteroatoms. The highest BCUT2D eigenvalue weighted by molar-refractivity contribution is 6.34. The number of anilines is 1. The molecule has 0 heterocycles. The van der Waals surface area contributed by atoms with E-state index in [-0.39, 0.29) is 12.5 Å². The average Bonchev–Trinajstić information content (AvgIpc) is 2.74. The van der Waals surface area contributed by atoms with Crippen LogP contribution in [0.4, 0.5) is 5.69 Å². The summed E-state index contributed by atoms with van der Waals surface area (Å²) in [6.45, 7) is -0.344. The first kappa shape index (κ1) is 19.9. The Morgan fingerprint density at radius 1 is 0.966 bits per heavy atom. The number of carbonyl (C=O) groups excluding carboxylic acids is 2. The van der Waals surface area contributed by atoms with Crippen LogP contribution in [0.25, 0.3) is 0 Å². The zero-order valence-electron chi connectivity index (χ0n) is 15.1. The third-order valence-corrected chi connectivity index (χ3v) is 4.14. The van der Waals surface area contributed by atoms with Gasteiger partial charge in [0.05, 0.1) is 16.1 Å². The van der Waals surface area contributed by atoms with E-state index in [4.69, 9.17) is 26.3 Å². The molecule has 3 aromatic rings. The molecule has 144 valence electrons. The van der Waals surface area contributed by atoms with E-state index >= 15 is 0 Å². The van der Waals surface area contributed by atoms with Gasteiger partial charge in [-0.15, -0.1) is 0 Å². The van der Waals surface area contributed by atoms with Crippen molar-refractivity contribution in [2.45, 2.75) is 0 Å². The number of halogens is 1. The van der Waals surface area contributed by atoms with Gasteiger partial charge in [-0.05, 0) is 48.5 Å². The predicted octanol–water partition coefficient (Wildman–Crippen LogP) is 4.45. The van der Waals surface area contributed by atoms with Crippen LogP contribution in [0, 0.1) is 11.3 Å². The van der Waals surface area contributed by atoms with Crippen LogP contribution in [0.2, 0.25) is 5.02 Å². The van der Waals surface area contributed by atoms with E-state index in [1.807, 2.05) is 6.07 Å². The third kappa shape index (κ3) is 5.34. The largest absolute Gasteiger partial charge is 0.481 e. The Hall–Kier alpha value is -3.82. The summed E-state index contributed by atoms with van der Waals surface area (Å²) in [6.07, 6.45) is 0. The molecule has 0 atom stereocenters. The quantitative estimate of drug-likeness (QED) is 0.482. The van der Waals surface area contributed by atoms with Gasteiger partial charge in [-0.1, -0.05) is 35.9 Å².